The first-order valence-corrected chi connectivity index (χ1v) is 7.88. The van der Waals surface area contributed by atoms with Crippen LogP contribution in [0.3, 0.4) is 0 Å². The third kappa shape index (κ3) is 3.03. The van der Waals surface area contributed by atoms with E-state index in [0.717, 1.165) is 32.1 Å². The first kappa shape index (κ1) is 14.7. The highest BCUT2D eigenvalue weighted by Gasteiger charge is 2.20. The summed E-state index contributed by atoms with van der Waals surface area (Å²) in [6.45, 7) is 1.16. The van der Waals surface area contributed by atoms with Crippen LogP contribution in [0.15, 0.2) is 40.9 Å². The van der Waals surface area contributed by atoms with Crippen molar-refractivity contribution < 1.29 is 9.47 Å². The molecule has 1 heterocycles. The minimum absolute atomic E-state index is 0.0221. The van der Waals surface area contributed by atoms with Gasteiger partial charge in [0.05, 0.1) is 6.04 Å². The Balaban J connectivity index is 2.04. The Morgan fingerprint density at radius 3 is 2.52 bits per heavy atom. The Labute approximate surface area is 137 Å². The SMILES string of the molecule is CNC(c1cccc(Cl)c1)c1cc2c(cc1Br)OCCO2. The first-order chi connectivity index (χ1) is 10.2. The molecule has 3 nitrogen and oxygen atoms in total. The Kier molecular flexibility index (Phi) is 4.38. The van der Waals surface area contributed by atoms with Gasteiger partial charge < -0.3 is 14.8 Å². The molecule has 0 saturated carbocycles. The van der Waals surface area contributed by atoms with Gasteiger partial charge in [0.15, 0.2) is 11.5 Å². The predicted octanol–water partition coefficient (Wildman–Crippen LogP) is 4.18. The lowest BCUT2D eigenvalue weighted by Crippen LogP contribution is -2.20. The van der Waals surface area contributed by atoms with Gasteiger partial charge in [-0.3, -0.25) is 0 Å². The van der Waals surface area contributed by atoms with Gasteiger partial charge in [0.1, 0.15) is 13.2 Å². The van der Waals surface area contributed by atoms with Crippen molar-refractivity contribution in [3.63, 3.8) is 0 Å². The molecule has 21 heavy (non-hydrogen) atoms. The highest BCUT2D eigenvalue weighted by Crippen LogP contribution is 2.39. The highest BCUT2D eigenvalue weighted by molar-refractivity contribution is 9.10. The minimum atomic E-state index is 0.0221. The molecule has 0 amide bonds. The topological polar surface area (TPSA) is 30.5 Å². The monoisotopic (exact) mass is 367 g/mol. The zero-order chi connectivity index (χ0) is 14.8. The molecule has 1 atom stereocenters. The van der Waals surface area contributed by atoms with Crippen LogP contribution in [0, 0.1) is 0 Å². The number of fused-ring (bicyclic) bond motifs is 1. The largest absolute Gasteiger partial charge is 0.486 e. The summed E-state index contributed by atoms with van der Waals surface area (Å²) in [6, 6.07) is 11.8. The van der Waals surface area contributed by atoms with Crippen molar-refractivity contribution in [2.24, 2.45) is 0 Å². The molecule has 1 N–H and O–H groups in total. The molecule has 0 aromatic heterocycles. The summed E-state index contributed by atoms with van der Waals surface area (Å²) < 4.78 is 12.3. The molecule has 2 aromatic rings. The van der Waals surface area contributed by atoms with Crippen LogP contribution in [0.25, 0.3) is 0 Å². The summed E-state index contributed by atoms with van der Waals surface area (Å²) in [7, 11) is 1.93. The maximum Gasteiger partial charge on any atom is 0.162 e. The van der Waals surface area contributed by atoms with Crippen LogP contribution >= 0.6 is 27.5 Å². The molecule has 0 fully saturated rings. The summed E-state index contributed by atoms with van der Waals surface area (Å²) in [4.78, 5) is 0. The molecule has 2 aromatic carbocycles. The van der Waals surface area contributed by atoms with E-state index in [1.165, 1.54) is 0 Å². The molecule has 0 radical (unpaired) electrons. The van der Waals surface area contributed by atoms with Crippen molar-refractivity contribution in [2.75, 3.05) is 20.3 Å². The van der Waals surface area contributed by atoms with E-state index in [0.29, 0.717) is 13.2 Å². The lowest BCUT2D eigenvalue weighted by molar-refractivity contribution is 0.171. The third-order valence-corrected chi connectivity index (χ3v) is 4.37. The molecule has 3 rings (SSSR count). The van der Waals surface area contributed by atoms with Gasteiger partial charge in [0.2, 0.25) is 0 Å². The molecular weight excluding hydrogens is 354 g/mol. The van der Waals surface area contributed by atoms with Gasteiger partial charge in [-0.2, -0.15) is 0 Å². The average Bonchev–Trinajstić information content (AvgIpc) is 2.48. The van der Waals surface area contributed by atoms with E-state index < -0.39 is 0 Å². The molecule has 5 heteroatoms. The van der Waals surface area contributed by atoms with Crippen LogP contribution in [0.1, 0.15) is 17.2 Å². The van der Waals surface area contributed by atoms with Gasteiger partial charge in [0, 0.05) is 9.50 Å². The van der Waals surface area contributed by atoms with Crippen LogP contribution in [0.4, 0.5) is 0 Å². The van der Waals surface area contributed by atoms with Crippen LogP contribution in [-0.4, -0.2) is 20.3 Å². The quantitative estimate of drug-likeness (QED) is 0.881. The molecule has 0 aliphatic carbocycles. The van der Waals surface area contributed by atoms with Crippen molar-refractivity contribution in [1.82, 2.24) is 5.32 Å². The molecule has 0 spiro atoms. The van der Waals surface area contributed by atoms with Crippen LogP contribution in [0.5, 0.6) is 11.5 Å². The standard InChI is InChI=1S/C16H15BrClNO2/c1-19-16(10-3-2-4-11(18)7-10)12-8-14-15(9-13(12)17)21-6-5-20-14/h2-4,7-9,16,19H,5-6H2,1H3. The number of ether oxygens (including phenoxy) is 2. The van der Waals surface area contributed by atoms with E-state index in [4.69, 9.17) is 21.1 Å². The second-order valence-corrected chi connectivity index (χ2v) is 6.08. The zero-order valence-corrected chi connectivity index (χ0v) is 13.9. The first-order valence-electron chi connectivity index (χ1n) is 6.71. The zero-order valence-electron chi connectivity index (χ0n) is 11.5. The number of benzene rings is 2. The van der Waals surface area contributed by atoms with Crippen LogP contribution < -0.4 is 14.8 Å². The van der Waals surface area contributed by atoms with Crippen molar-refractivity contribution in [2.45, 2.75) is 6.04 Å². The fourth-order valence-corrected chi connectivity index (χ4v) is 3.24. The Hall–Kier alpha value is -1.23. The Bertz CT molecular complexity index is 663. The minimum Gasteiger partial charge on any atom is -0.486 e. The van der Waals surface area contributed by atoms with E-state index in [-0.39, 0.29) is 6.04 Å². The molecule has 1 aliphatic rings. The van der Waals surface area contributed by atoms with E-state index in [1.54, 1.807) is 0 Å². The van der Waals surface area contributed by atoms with Gasteiger partial charge in [-0.1, -0.05) is 39.7 Å². The molecule has 0 bridgehead atoms. The normalized spacial score (nSPS) is 14.8. The third-order valence-electron chi connectivity index (χ3n) is 3.44. The van der Waals surface area contributed by atoms with Gasteiger partial charge >= 0.3 is 0 Å². The van der Waals surface area contributed by atoms with Gasteiger partial charge in [-0.15, -0.1) is 0 Å². The lowest BCUT2D eigenvalue weighted by atomic mass is 9.98. The summed E-state index contributed by atoms with van der Waals surface area (Å²) in [6.07, 6.45) is 0. The maximum absolute atomic E-state index is 6.10. The van der Waals surface area contributed by atoms with Gasteiger partial charge in [0.25, 0.3) is 0 Å². The van der Waals surface area contributed by atoms with Crippen molar-refractivity contribution >= 4 is 27.5 Å². The van der Waals surface area contributed by atoms with E-state index in [9.17, 15) is 0 Å². The number of hydrogen-bond donors (Lipinski definition) is 1. The summed E-state index contributed by atoms with van der Waals surface area (Å²) in [5.41, 5.74) is 2.19. The molecular formula is C16H15BrClNO2. The Morgan fingerprint density at radius 2 is 1.86 bits per heavy atom. The predicted molar refractivity (Wildman–Crippen MR) is 87.5 cm³/mol. The summed E-state index contributed by atoms with van der Waals surface area (Å²) in [5, 5.41) is 4.05. The second kappa shape index (κ2) is 6.26. The Morgan fingerprint density at radius 1 is 1.14 bits per heavy atom. The van der Waals surface area contributed by atoms with Gasteiger partial charge in [-0.25, -0.2) is 0 Å². The van der Waals surface area contributed by atoms with Crippen molar-refractivity contribution in [3.05, 3.63) is 57.0 Å². The molecule has 1 unspecified atom stereocenters. The summed E-state index contributed by atoms with van der Waals surface area (Å²) >= 11 is 9.73. The molecule has 110 valence electrons. The number of nitrogens with one attached hydrogen (secondary N) is 1. The number of halogens is 2. The van der Waals surface area contributed by atoms with Gasteiger partial charge in [-0.05, 0) is 42.4 Å². The fourth-order valence-electron chi connectivity index (χ4n) is 2.49. The molecule has 0 saturated heterocycles. The number of rotatable bonds is 3. The lowest BCUT2D eigenvalue weighted by Gasteiger charge is -2.24. The fraction of sp³-hybridized carbons (Fsp3) is 0.250. The van der Waals surface area contributed by atoms with Crippen molar-refractivity contribution in [3.8, 4) is 11.5 Å². The van der Waals surface area contributed by atoms with E-state index in [1.807, 2.05) is 37.4 Å². The van der Waals surface area contributed by atoms with Crippen LogP contribution in [0.2, 0.25) is 5.02 Å². The van der Waals surface area contributed by atoms with Crippen molar-refractivity contribution in [1.29, 1.82) is 0 Å². The molecule has 1 aliphatic heterocycles. The maximum atomic E-state index is 6.10. The summed E-state index contributed by atoms with van der Waals surface area (Å²) in [5.74, 6) is 1.56. The second-order valence-electron chi connectivity index (χ2n) is 4.79. The van der Waals surface area contributed by atoms with Crippen LogP contribution in [-0.2, 0) is 0 Å². The average molecular weight is 369 g/mol. The van der Waals surface area contributed by atoms with E-state index in [2.05, 4.69) is 27.3 Å². The number of hydrogen-bond acceptors (Lipinski definition) is 3. The van der Waals surface area contributed by atoms with E-state index >= 15 is 0 Å². The smallest absolute Gasteiger partial charge is 0.162 e. The highest BCUT2D eigenvalue weighted by atomic mass is 79.9.